The van der Waals surface area contributed by atoms with Crippen LogP contribution in [-0.2, 0) is 0 Å². The molecule has 7 nitrogen and oxygen atoms in total. The van der Waals surface area contributed by atoms with Gasteiger partial charge in [-0.1, -0.05) is 48.9 Å². The minimum absolute atomic E-state index is 0.0480. The Hall–Kier alpha value is -3.49. The van der Waals surface area contributed by atoms with Crippen LogP contribution in [0.3, 0.4) is 0 Å². The normalized spacial score (nSPS) is 15.0. The van der Waals surface area contributed by atoms with E-state index in [9.17, 15) is 14.4 Å². The molecular weight excluding hydrogens is 512 g/mol. The molecule has 0 aliphatic carbocycles. The highest BCUT2D eigenvalue weighted by molar-refractivity contribution is 7.17. The van der Waals surface area contributed by atoms with Gasteiger partial charge >= 0.3 is 0 Å². The number of fused-ring (bicyclic) bond motifs is 2. The molecule has 2 aromatic carbocycles. The zero-order valence-electron chi connectivity index (χ0n) is 20.8. The molecule has 0 spiro atoms. The first kappa shape index (κ1) is 25.2. The molecule has 0 bridgehead atoms. The monoisotopic (exact) mass is 536 g/mol. The molecule has 9 heteroatoms. The third-order valence-electron chi connectivity index (χ3n) is 6.28. The van der Waals surface area contributed by atoms with Gasteiger partial charge in [0.2, 0.25) is 5.76 Å². The minimum Gasteiger partial charge on any atom is -0.494 e. The molecule has 190 valence electrons. The smallest absolute Gasteiger partial charge is 0.297 e. The first-order chi connectivity index (χ1) is 17.7. The van der Waals surface area contributed by atoms with Crippen LogP contribution < -0.4 is 15.1 Å². The van der Waals surface area contributed by atoms with E-state index >= 15 is 0 Å². The molecule has 1 aliphatic heterocycles. The molecule has 1 unspecified atom stereocenters. The first-order valence-electron chi connectivity index (χ1n) is 12.0. The lowest BCUT2D eigenvalue weighted by Gasteiger charge is -2.23. The Morgan fingerprint density at radius 2 is 2.00 bits per heavy atom. The number of anilines is 1. The average molecular weight is 537 g/mol. The Bertz CT molecular complexity index is 1610. The van der Waals surface area contributed by atoms with Crippen LogP contribution >= 0.6 is 22.9 Å². The standard InChI is InChI=1S/C28H25ClN2O5S/c1-14(2)10-11-35-19-7-5-6-17(12-19)23-22-24(33)20-13-18(29)8-9-21(20)36-25(22)27(34)31(23)28-30-15(3)26(37-28)16(4)32/h5-9,12-14,23H,10-11H2,1-4H3. The van der Waals surface area contributed by atoms with E-state index in [4.69, 9.17) is 20.8 Å². The van der Waals surface area contributed by atoms with Crippen LogP contribution in [0.1, 0.15) is 70.3 Å². The number of aryl methyl sites for hydroxylation is 1. The molecule has 5 rings (SSSR count). The lowest BCUT2D eigenvalue weighted by molar-refractivity contribution is 0.0969. The van der Waals surface area contributed by atoms with Gasteiger partial charge in [-0.15, -0.1) is 0 Å². The van der Waals surface area contributed by atoms with Crippen LogP contribution in [0.15, 0.2) is 51.7 Å². The molecule has 0 fully saturated rings. The summed E-state index contributed by atoms with van der Waals surface area (Å²) in [6.45, 7) is 7.98. The molecule has 0 radical (unpaired) electrons. The summed E-state index contributed by atoms with van der Waals surface area (Å²) in [5, 5.41) is 0.992. The van der Waals surface area contributed by atoms with Gasteiger partial charge in [-0.2, -0.15) is 0 Å². The molecule has 37 heavy (non-hydrogen) atoms. The molecule has 0 saturated carbocycles. The van der Waals surface area contributed by atoms with Crippen molar-refractivity contribution < 1.29 is 18.7 Å². The molecule has 2 aromatic heterocycles. The third kappa shape index (κ3) is 4.55. The van der Waals surface area contributed by atoms with Crippen molar-refractivity contribution in [3.63, 3.8) is 0 Å². The molecule has 3 heterocycles. The SMILES string of the molecule is CC(=O)c1sc(N2C(=O)c3oc4ccc(Cl)cc4c(=O)c3C2c2cccc(OCCC(C)C)c2)nc1C. The van der Waals surface area contributed by atoms with Gasteiger partial charge in [0.1, 0.15) is 11.3 Å². The molecule has 0 N–H and O–H groups in total. The topological polar surface area (TPSA) is 89.7 Å². The number of rotatable bonds is 7. The van der Waals surface area contributed by atoms with E-state index in [1.54, 1.807) is 25.1 Å². The van der Waals surface area contributed by atoms with Crippen LogP contribution in [-0.4, -0.2) is 23.3 Å². The number of hydrogen-bond acceptors (Lipinski definition) is 7. The van der Waals surface area contributed by atoms with E-state index < -0.39 is 11.9 Å². The first-order valence-corrected chi connectivity index (χ1v) is 13.2. The summed E-state index contributed by atoms with van der Waals surface area (Å²) < 4.78 is 12.0. The number of benzene rings is 2. The Labute approximate surface area is 222 Å². The number of ether oxygens (including phenoxy) is 1. The molecule has 1 aliphatic rings. The van der Waals surface area contributed by atoms with Gasteiger partial charge in [0.05, 0.1) is 34.2 Å². The Balaban J connectivity index is 1.70. The summed E-state index contributed by atoms with van der Waals surface area (Å²) in [7, 11) is 0. The average Bonchev–Trinajstić information content (AvgIpc) is 3.37. The van der Waals surface area contributed by atoms with Crippen molar-refractivity contribution in [1.29, 1.82) is 0 Å². The third-order valence-corrected chi connectivity index (χ3v) is 7.77. The van der Waals surface area contributed by atoms with Crippen LogP contribution in [0.4, 0.5) is 5.13 Å². The predicted octanol–water partition coefficient (Wildman–Crippen LogP) is 6.59. The largest absolute Gasteiger partial charge is 0.494 e. The number of amides is 1. The van der Waals surface area contributed by atoms with Gasteiger partial charge in [-0.25, -0.2) is 4.98 Å². The number of aromatic nitrogens is 1. The van der Waals surface area contributed by atoms with Crippen molar-refractivity contribution in [2.75, 3.05) is 11.5 Å². The van der Waals surface area contributed by atoms with Gasteiger partial charge in [0, 0.05) is 11.9 Å². The number of hydrogen-bond donors (Lipinski definition) is 0. The molecule has 0 saturated heterocycles. The van der Waals surface area contributed by atoms with Crippen molar-refractivity contribution in [3.05, 3.63) is 85.2 Å². The maximum absolute atomic E-state index is 13.8. The number of Topliss-reactive ketones (excluding diaryl/α,β-unsaturated/α-hetero) is 1. The van der Waals surface area contributed by atoms with Crippen molar-refractivity contribution in [2.24, 2.45) is 5.92 Å². The second-order valence-corrected chi connectivity index (χ2v) is 10.9. The molecule has 4 aromatic rings. The second-order valence-electron chi connectivity index (χ2n) is 9.46. The number of halogens is 1. The second kappa shape index (κ2) is 9.76. The van der Waals surface area contributed by atoms with Gasteiger partial charge in [-0.3, -0.25) is 19.3 Å². The summed E-state index contributed by atoms with van der Waals surface area (Å²) in [4.78, 5) is 46.2. The van der Waals surface area contributed by atoms with Crippen molar-refractivity contribution in [1.82, 2.24) is 4.98 Å². The number of thiazole rings is 1. The summed E-state index contributed by atoms with van der Waals surface area (Å²) in [5.41, 5.74) is 1.33. The fraction of sp³-hybridized carbons (Fsp3) is 0.286. The summed E-state index contributed by atoms with van der Waals surface area (Å²) in [6.07, 6.45) is 0.893. The summed E-state index contributed by atoms with van der Waals surface area (Å²) >= 11 is 7.29. The van der Waals surface area contributed by atoms with E-state index in [2.05, 4.69) is 18.8 Å². The van der Waals surface area contributed by atoms with Crippen molar-refractivity contribution in [2.45, 2.75) is 40.2 Å². The fourth-order valence-corrected chi connectivity index (χ4v) is 5.62. The van der Waals surface area contributed by atoms with E-state index in [1.807, 2.05) is 24.3 Å². The molecule has 1 atom stereocenters. The van der Waals surface area contributed by atoms with E-state index in [0.717, 1.165) is 17.8 Å². The number of nitrogens with zero attached hydrogens (tertiary/aromatic N) is 2. The van der Waals surface area contributed by atoms with Crippen LogP contribution in [0.5, 0.6) is 5.75 Å². The van der Waals surface area contributed by atoms with Gasteiger partial charge < -0.3 is 9.15 Å². The lowest BCUT2D eigenvalue weighted by atomic mass is 9.98. The van der Waals surface area contributed by atoms with E-state index in [-0.39, 0.29) is 33.5 Å². The zero-order chi connectivity index (χ0) is 26.4. The molecule has 1 amide bonds. The molecular formula is C28H25ClN2O5S. The highest BCUT2D eigenvalue weighted by atomic mass is 35.5. The Morgan fingerprint density at radius 3 is 2.70 bits per heavy atom. The summed E-state index contributed by atoms with van der Waals surface area (Å²) in [5.74, 6) is 0.438. The quantitative estimate of drug-likeness (QED) is 0.247. The minimum atomic E-state index is -0.818. The van der Waals surface area contributed by atoms with Crippen molar-refractivity contribution >= 4 is 50.7 Å². The highest BCUT2D eigenvalue weighted by Gasteiger charge is 2.45. The van der Waals surface area contributed by atoms with Crippen LogP contribution in [0.25, 0.3) is 11.0 Å². The number of ketones is 1. The maximum Gasteiger partial charge on any atom is 0.297 e. The van der Waals surface area contributed by atoms with Gasteiger partial charge in [0.15, 0.2) is 16.3 Å². The maximum atomic E-state index is 13.8. The van der Waals surface area contributed by atoms with Gasteiger partial charge in [0.25, 0.3) is 5.91 Å². The number of carbonyl (C=O) groups is 2. The van der Waals surface area contributed by atoms with Crippen LogP contribution in [0, 0.1) is 12.8 Å². The van der Waals surface area contributed by atoms with Crippen molar-refractivity contribution in [3.8, 4) is 5.75 Å². The van der Waals surface area contributed by atoms with E-state index in [1.165, 1.54) is 11.8 Å². The van der Waals surface area contributed by atoms with E-state index in [0.29, 0.717) is 44.6 Å². The zero-order valence-corrected chi connectivity index (χ0v) is 22.4. The lowest BCUT2D eigenvalue weighted by Crippen LogP contribution is -2.29. The Kier molecular flexibility index (Phi) is 6.64. The predicted molar refractivity (Wildman–Crippen MR) is 144 cm³/mol. The summed E-state index contributed by atoms with van der Waals surface area (Å²) in [6, 6.07) is 11.2. The highest BCUT2D eigenvalue weighted by Crippen LogP contribution is 2.43. The number of carbonyl (C=O) groups excluding carboxylic acids is 2. The fourth-order valence-electron chi connectivity index (χ4n) is 4.46. The van der Waals surface area contributed by atoms with Gasteiger partial charge in [-0.05, 0) is 55.2 Å². The van der Waals surface area contributed by atoms with Crippen LogP contribution in [0.2, 0.25) is 5.02 Å². The Morgan fingerprint density at radius 1 is 1.22 bits per heavy atom.